The lowest BCUT2D eigenvalue weighted by atomic mass is 10.1. The molecule has 0 saturated heterocycles. The average molecular weight is 226 g/mol. The summed E-state index contributed by atoms with van der Waals surface area (Å²) in [4.78, 5) is 7.83. The van der Waals surface area contributed by atoms with E-state index in [4.69, 9.17) is 17.3 Å². The minimum Gasteiger partial charge on any atom is -0.320 e. The summed E-state index contributed by atoms with van der Waals surface area (Å²) >= 11 is 7.45. The maximum Gasteiger partial charge on any atom is 0.115 e. The Kier molecular flexibility index (Phi) is 2.77. The van der Waals surface area contributed by atoms with Crippen molar-refractivity contribution >= 4 is 22.9 Å². The Morgan fingerprint density at radius 2 is 2.07 bits per heavy atom. The van der Waals surface area contributed by atoms with Gasteiger partial charge >= 0.3 is 0 Å². The monoisotopic (exact) mass is 225 g/mol. The molecule has 1 atom stereocenters. The van der Waals surface area contributed by atoms with Crippen LogP contribution < -0.4 is 5.73 Å². The Bertz CT molecular complexity index is 415. The molecule has 0 aromatic carbocycles. The summed E-state index contributed by atoms with van der Waals surface area (Å²) in [5.41, 5.74) is 7.79. The van der Waals surface area contributed by atoms with Gasteiger partial charge in [-0.3, -0.25) is 0 Å². The zero-order valence-corrected chi connectivity index (χ0v) is 8.79. The quantitative estimate of drug-likeness (QED) is 0.853. The Labute approximate surface area is 90.6 Å². The minimum atomic E-state index is -0.241. The number of thiophene rings is 1. The summed E-state index contributed by atoms with van der Waals surface area (Å²) in [7, 11) is 0. The highest BCUT2D eigenvalue weighted by Gasteiger charge is 2.13. The lowest BCUT2D eigenvalue weighted by molar-refractivity contribution is 0.855. The molecular formula is C9H8ClN3S. The van der Waals surface area contributed by atoms with Crippen LogP contribution in [0.1, 0.15) is 17.2 Å². The molecule has 2 aromatic heterocycles. The molecule has 5 heteroatoms. The van der Waals surface area contributed by atoms with Crippen molar-refractivity contribution in [3.8, 4) is 0 Å². The highest BCUT2D eigenvalue weighted by molar-refractivity contribution is 7.14. The number of rotatable bonds is 2. The van der Waals surface area contributed by atoms with Gasteiger partial charge in [0.2, 0.25) is 0 Å². The largest absolute Gasteiger partial charge is 0.320 e. The molecule has 72 valence electrons. The first-order valence-electron chi connectivity index (χ1n) is 4.02. The summed E-state index contributed by atoms with van der Waals surface area (Å²) < 4.78 is 0.723. The van der Waals surface area contributed by atoms with Crippen molar-refractivity contribution in [3.05, 3.63) is 45.6 Å². The van der Waals surface area contributed by atoms with Crippen LogP contribution in [-0.2, 0) is 0 Å². The molecule has 0 radical (unpaired) electrons. The van der Waals surface area contributed by atoms with E-state index >= 15 is 0 Å². The van der Waals surface area contributed by atoms with Crippen molar-refractivity contribution in [3.63, 3.8) is 0 Å². The average Bonchev–Trinajstić information content (AvgIpc) is 2.65. The van der Waals surface area contributed by atoms with Crippen LogP contribution in [0.15, 0.2) is 30.2 Å². The molecule has 0 bridgehead atoms. The normalized spacial score (nSPS) is 12.7. The third-order valence-corrected chi connectivity index (χ3v) is 3.12. The summed E-state index contributed by atoms with van der Waals surface area (Å²) in [5, 5.41) is 1.92. The lowest BCUT2D eigenvalue weighted by Crippen LogP contribution is -2.11. The van der Waals surface area contributed by atoms with Gasteiger partial charge in [0.1, 0.15) is 6.33 Å². The molecule has 2 heterocycles. The van der Waals surface area contributed by atoms with Gasteiger partial charge in [-0.1, -0.05) is 11.6 Å². The molecule has 3 nitrogen and oxygen atoms in total. The number of halogens is 1. The Hall–Kier alpha value is -0.970. The van der Waals surface area contributed by atoms with Crippen LogP contribution in [0.3, 0.4) is 0 Å². The van der Waals surface area contributed by atoms with Crippen molar-refractivity contribution in [2.24, 2.45) is 5.73 Å². The number of nitrogens with zero attached hydrogens (tertiary/aromatic N) is 2. The van der Waals surface area contributed by atoms with E-state index < -0.39 is 0 Å². The molecule has 0 aliphatic heterocycles. The SMILES string of the molecule is NC(c1cncnc1)c1ccsc1Cl. The van der Waals surface area contributed by atoms with Crippen molar-refractivity contribution in [1.82, 2.24) is 9.97 Å². The van der Waals surface area contributed by atoms with Gasteiger partial charge in [0.25, 0.3) is 0 Å². The van der Waals surface area contributed by atoms with Gasteiger partial charge in [0, 0.05) is 23.5 Å². The van der Waals surface area contributed by atoms with E-state index in [2.05, 4.69) is 9.97 Å². The van der Waals surface area contributed by atoms with Crippen LogP contribution in [-0.4, -0.2) is 9.97 Å². The first kappa shape index (κ1) is 9.58. The molecule has 0 amide bonds. The van der Waals surface area contributed by atoms with Crippen LogP contribution in [0, 0.1) is 0 Å². The zero-order chi connectivity index (χ0) is 9.97. The summed E-state index contributed by atoms with van der Waals surface area (Å²) in [6.07, 6.45) is 4.88. The van der Waals surface area contributed by atoms with Crippen molar-refractivity contribution in [1.29, 1.82) is 0 Å². The number of hydrogen-bond donors (Lipinski definition) is 1. The molecule has 1 unspecified atom stereocenters. The molecule has 2 aromatic rings. The first-order chi connectivity index (χ1) is 6.79. The highest BCUT2D eigenvalue weighted by Crippen LogP contribution is 2.30. The van der Waals surface area contributed by atoms with E-state index in [1.807, 2.05) is 11.4 Å². The molecule has 0 fully saturated rings. The van der Waals surface area contributed by atoms with Crippen LogP contribution >= 0.6 is 22.9 Å². The van der Waals surface area contributed by atoms with Crippen molar-refractivity contribution in [2.45, 2.75) is 6.04 Å². The third-order valence-electron chi connectivity index (χ3n) is 1.92. The molecule has 2 N–H and O–H groups in total. The molecular weight excluding hydrogens is 218 g/mol. The van der Waals surface area contributed by atoms with Gasteiger partial charge in [0.15, 0.2) is 0 Å². The van der Waals surface area contributed by atoms with Crippen LogP contribution in [0.5, 0.6) is 0 Å². The van der Waals surface area contributed by atoms with Gasteiger partial charge in [-0.05, 0) is 11.4 Å². The van der Waals surface area contributed by atoms with Gasteiger partial charge in [-0.2, -0.15) is 0 Å². The van der Waals surface area contributed by atoms with E-state index in [1.165, 1.54) is 17.7 Å². The molecule has 0 aliphatic rings. The van der Waals surface area contributed by atoms with Crippen molar-refractivity contribution in [2.75, 3.05) is 0 Å². The fraction of sp³-hybridized carbons (Fsp3) is 0.111. The molecule has 0 aliphatic carbocycles. The number of aromatic nitrogens is 2. The zero-order valence-electron chi connectivity index (χ0n) is 7.22. The number of nitrogens with two attached hydrogens (primary N) is 1. The second-order valence-corrected chi connectivity index (χ2v) is 4.32. The molecule has 14 heavy (non-hydrogen) atoms. The summed E-state index contributed by atoms with van der Waals surface area (Å²) in [5.74, 6) is 0. The van der Waals surface area contributed by atoms with Crippen LogP contribution in [0.2, 0.25) is 4.34 Å². The van der Waals surface area contributed by atoms with E-state index in [0.717, 1.165) is 15.5 Å². The number of hydrogen-bond acceptors (Lipinski definition) is 4. The predicted molar refractivity (Wildman–Crippen MR) is 57.4 cm³/mol. The van der Waals surface area contributed by atoms with E-state index in [0.29, 0.717) is 0 Å². The maximum absolute atomic E-state index is 6.00. The van der Waals surface area contributed by atoms with Gasteiger partial charge < -0.3 is 5.73 Å². The Morgan fingerprint density at radius 1 is 1.36 bits per heavy atom. The minimum absolute atomic E-state index is 0.241. The maximum atomic E-state index is 6.00. The van der Waals surface area contributed by atoms with E-state index in [1.54, 1.807) is 12.4 Å². The standard InChI is InChI=1S/C9H8ClN3S/c10-9-7(1-2-14-9)8(11)6-3-12-5-13-4-6/h1-5,8H,11H2. The third kappa shape index (κ3) is 1.77. The van der Waals surface area contributed by atoms with E-state index in [9.17, 15) is 0 Å². The van der Waals surface area contributed by atoms with Crippen LogP contribution in [0.25, 0.3) is 0 Å². The first-order valence-corrected chi connectivity index (χ1v) is 5.28. The highest BCUT2D eigenvalue weighted by atomic mass is 35.5. The van der Waals surface area contributed by atoms with Crippen LogP contribution in [0.4, 0.5) is 0 Å². The lowest BCUT2D eigenvalue weighted by Gasteiger charge is -2.09. The topological polar surface area (TPSA) is 51.8 Å². The molecule has 2 rings (SSSR count). The Balaban J connectivity index is 2.34. The predicted octanol–water partition coefficient (Wildman–Crippen LogP) is 2.24. The second kappa shape index (κ2) is 4.04. The van der Waals surface area contributed by atoms with E-state index in [-0.39, 0.29) is 6.04 Å². The van der Waals surface area contributed by atoms with Crippen molar-refractivity contribution < 1.29 is 0 Å². The smallest absolute Gasteiger partial charge is 0.115 e. The van der Waals surface area contributed by atoms with Gasteiger partial charge in [-0.15, -0.1) is 11.3 Å². The fourth-order valence-electron chi connectivity index (χ4n) is 1.18. The van der Waals surface area contributed by atoms with Gasteiger partial charge in [0.05, 0.1) is 10.4 Å². The fourth-order valence-corrected chi connectivity index (χ4v) is 2.18. The summed E-state index contributed by atoms with van der Waals surface area (Å²) in [6, 6.07) is 1.68. The van der Waals surface area contributed by atoms with Gasteiger partial charge in [-0.25, -0.2) is 9.97 Å². The summed E-state index contributed by atoms with van der Waals surface area (Å²) in [6.45, 7) is 0. The Morgan fingerprint density at radius 3 is 2.64 bits per heavy atom. The second-order valence-electron chi connectivity index (χ2n) is 2.80. The molecule has 0 saturated carbocycles. The molecule has 0 spiro atoms.